The minimum atomic E-state index is -3.55. The average Bonchev–Trinajstić information content (AvgIpc) is 2.67. The van der Waals surface area contributed by atoms with E-state index in [4.69, 9.17) is 16.3 Å². The van der Waals surface area contributed by atoms with Gasteiger partial charge in [0.05, 0.1) is 18.5 Å². The molecule has 0 bridgehead atoms. The van der Waals surface area contributed by atoms with Crippen LogP contribution in [0.4, 0.5) is 10.2 Å². The summed E-state index contributed by atoms with van der Waals surface area (Å²) in [7, 11) is -3.55. The molecular weight excluding hydrogens is 415 g/mol. The number of halogens is 2. The van der Waals surface area contributed by atoms with Crippen LogP contribution in [0.2, 0.25) is 5.02 Å². The highest BCUT2D eigenvalue weighted by Gasteiger charge is 2.19. The second-order valence-corrected chi connectivity index (χ2v) is 8.54. The van der Waals surface area contributed by atoms with Crippen LogP contribution in [0.5, 0.6) is 11.5 Å². The largest absolute Gasteiger partial charge is 0.457 e. The van der Waals surface area contributed by atoms with Crippen molar-refractivity contribution >= 4 is 27.4 Å². The number of anilines is 1. The molecule has 0 aliphatic carbocycles. The van der Waals surface area contributed by atoms with E-state index in [0.29, 0.717) is 22.2 Å². The van der Waals surface area contributed by atoms with Gasteiger partial charge in [0.1, 0.15) is 23.1 Å². The molecule has 0 atom stereocenters. The Hall–Kier alpha value is -2.90. The lowest BCUT2D eigenvalue weighted by molar-refractivity contribution is 0.480. The summed E-state index contributed by atoms with van der Waals surface area (Å²) in [6, 6.07) is 15.9. The molecular formula is C21H18ClFN2O3S. The van der Waals surface area contributed by atoms with E-state index in [9.17, 15) is 12.8 Å². The third kappa shape index (κ3) is 5.34. The van der Waals surface area contributed by atoms with Crippen LogP contribution in [0.3, 0.4) is 0 Å². The standard InChI is InChI=1S/C21H18ClFN2O3S/c1-3-12-25(29(2,26)27)21-14-16(22)13-20(24-21)15-4-8-18(9-5-15)28-19-10-6-17(23)7-11-19/h3-11,13-14H,1,12H2,2H3. The van der Waals surface area contributed by atoms with E-state index in [2.05, 4.69) is 11.6 Å². The maximum atomic E-state index is 13.0. The van der Waals surface area contributed by atoms with E-state index < -0.39 is 10.0 Å². The van der Waals surface area contributed by atoms with Crippen LogP contribution in [0, 0.1) is 5.82 Å². The lowest BCUT2D eigenvalue weighted by Crippen LogP contribution is -2.30. The zero-order valence-electron chi connectivity index (χ0n) is 15.5. The Morgan fingerprint density at radius 3 is 2.24 bits per heavy atom. The average molecular weight is 433 g/mol. The topological polar surface area (TPSA) is 59.5 Å². The fourth-order valence-electron chi connectivity index (χ4n) is 2.61. The minimum absolute atomic E-state index is 0.0794. The molecule has 0 amide bonds. The van der Waals surface area contributed by atoms with Gasteiger partial charge in [-0.3, -0.25) is 4.31 Å². The molecule has 8 heteroatoms. The summed E-state index contributed by atoms with van der Waals surface area (Å²) in [6.07, 6.45) is 2.57. The summed E-state index contributed by atoms with van der Waals surface area (Å²) >= 11 is 6.20. The van der Waals surface area contributed by atoms with Gasteiger partial charge >= 0.3 is 0 Å². The Morgan fingerprint density at radius 1 is 1.10 bits per heavy atom. The third-order valence-electron chi connectivity index (χ3n) is 3.93. The molecule has 0 radical (unpaired) electrons. The first kappa shape index (κ1) is 20.8. The number of hydrogen-bond acceptors (Lipinski definition) is 4. The SMILES string of the molecule is C=CCN(c1cc(Cl)cc(-c2ccc(Oc3ccc(F)cc3)cc2)n1)S(C)(=O)=O. The lowest BCUT2D eigenvalue weighted by Gasteiger charge is -2.20. The molecule has 3 rings (SSSR count). The molecule has 0 unspecified atom stereocenters. The molecule has 150 valence electrons. The second kappa shape index (κ2) is 8.63. The van der Waals surface area contributed by atoms with Crippen molar-refractivity contribution in [3.63, 3.8) is 0 Å². The summed E-state index contributed by atoms with van der Waals surface area (Å²) in [6.45, 7) is 3.67. The molecule has 0 spiro atoms. The molecule has 0 aliphatic rings. The van der Waals surface area contributed by atoms with Crippen LogP contribution in [0.1, 0.15) is 0 Å². The zero-order chi connectivity index (χ0) is 21.0. The molecule has 0 N–H and O–H groups in total. The van der Waals surface area contributed by atoms with Crippen LogP contribution >= 0.6 is 11.6 Å². The highest BCUT2D eigenvalue weighted by atomic mass is 35.5. The molecule has 2 aromatic carbocycles. The zero-order valence-corrected chi connectivity index (χ0v) is 17.1. The quantitative estimate of drug-likeness (QED) is 0.476. The molecule has 0 aliphatic heterocycles. The van der Waals surface area contributed by atoms with Crippen molar-refractivity contribution in [3.05, 3.63) is 84.2 Å². The van der Waals surface area contributed by atoms with Crippen LogP contribution in [-0.2, 0) is 10.0 Å². The lowest BCUT2D eigenvalue weighted by atomic mass is 10.1. The van der Waals surface area contributed by atoms with Crippen LogP contribution in [-0.4, -0.2) is 26.2 Å². The molecule has 5 nitrogen and oxygen atoms in total. The predicted molar refractivity (Wildman–Crippen MR) is 114 cm³/mol. The van der Waals surface area contributed by atoms with Gasteiger partial charge in [-0.15, -0.1) is 6.58 Å². The van der Waals surface area contributed by atoms with E-state index >= 15 is 0 Å². The second-order valence-electron chi connectivity index (χ2n) is 6.19. The Kier molecular flexibility index (Phi) is 6.20. The van der Waals surface area contributed by atoms with Crippen molar-refractivity contribution < 1.29 is 17.5 Å². The van der Waals surface area contributed by atoms with Gasteiger partial charge < -0.3 is 4.74 Å². The maximum absolute atomic E-state index is 13.0. The number of hydrogen-bond donors (Lipinski definition) is 0. The maximum Gasteiger partial charge on any atom is 0.233 e. The van der Waals surface area contributed by atoms with Gasteiger partial charge in [0, 0.05) is 16.7 Å². The molecule has 3 aromatic rings. The smallest absolute Gasteiger partial charge is 0.233 e. The molecule has 1 heterocycles. The summed E-state index contributed by atoms with van der Waals surface area (Å²) in [4.78, 5) is 4.44. The number of benzene rings is 2. The van der Waals surface area contributed by atoms with Crippen molar-refractivity contribution in [2.45, 2.75) is 0 Å². The van der Waals surface area contributed by atoms with Gasteiger partial charge in [-0.1, -0.05) is 17.7 Å². The fourth-order valence-corrected chi connectivity index (χ4v) is 3.62. The van der Waals surface area contributed by atoms with Crippen molar-refractivity contribution in [1.29, 1.82) is 0 Å². The highest BCUT2D eigenvalue weighted by Crippen LogP contribution is 2.29. The third-order valence-corrected chi connectivity index (χ3v) is 5.28. The van der Waals surface area contributed by atoms with Crippen LogP contribution in [0.25, 0.3) is 11.3 Å². The number of ether oxygens (including phenoxy) is 1. The van der Waals surface area contributed by atoms with Crippen molar-refractivity contribution in [2.24, 2.45) is 0 Å². The van der Waals surface area contributed by atoms with Gasteiger partial charge in [-0.2, -0.15) is 0 Å². The van der Waals surface area contributed by atoms with Crippen molar-refractivity contribution in [2.75, 3.05) is 17.1 Å². The number of pyridine rings is 1. The molecule has 0 fully saturated rings. The van der Waals surface area contributed by atoms with Crippen molar-refractivity contribution in [3.8, 4) is 22.8 Å². The summed E-state index contributed by atoms with van der Waals surface area (Å²) in [5.74, 6) is 0.944. The van der Waals surface area contributed by atoms with Gasteiger partial charge in [0.2, 0.25) is 10.0 Å². The van der Waals surface area contributed by atoms with E-state index in [1.54, 1.807) is 30.3 Å². The first-order chi connectivity index (χ1) is 13.8. The summed E-state index contributed by atoms with van der Waals surface area (Å²) in [5, 5.41) is 0.356. The Labute approximate surface area is 174 Å². The number of rotatable bonds is 7. The van der Waals surface area contributed by atoms with E-state index in [0.717, 1.165) is 16.1 Å². The van der Waals surface area contributed by atoms with Crippen molar-refractivity contribution in [1.82, 2.24) is 4.98 Å². The summed E-state index contributed by atoms with van der Waals surface area (Å²) in [5.41, 5.74) is 1.24. The predicted octanol–water partition coefficient (Wildman–Crippen LogP) is 5.29. The number of sulfonamides is 1. The van der Waals surface area contributed by atoms with Gasteiger partial charge in [-0.05, 0) is 54.6 Å². The van der Waals surface area contributed by atoms with Crippen LogP contribution in [0.15, 0.2) is 73.3 Å². The Balaban J connectivity index is 1.89. The number of nitrogens with zero attached hydrogens (tertiary/aromatic N) is 2. The summed E-state index contributed by atoms with van der Waals surface area (Å²) < 4.78 is 43.9. The van der Waals surface area contributed by atoms with Gasteiger partial charge in [0.15, 0.2) is 0 Å². The normalized spacial score (nSPS) is 11.1. The van der Waals surface area contributed by atoms with Gasteiger partial charge in [0.25, 0.3) is 0 Å². The first-order valence-corrected chi connectivity index (χ1v) is 10.8. The highest BCUT2D eigenvalue weighted by molar-refractivity contribution is 7.92. The van der Waals surface area contributed by atoms with Crippen LogP contribution < -0.4 is 9.04 Å². The molecule has 1 aromatic heterocycles. The van der Waals surface area contributed by atoms with E-state index in [1.807, 2.05) is 0 Å². The fraction of sp³-hybridized carbons (Fsp3) is 0.0952. The Morgan fingerprint density at radius 2 is 1.69 bits per heavy atom. The first-order valence-electron chi connectivity index (χ1n) is 8.56. The van der Waals surface area contributed by atoms with E-state index in [1.165, 1.54) is 36.4 Å². The Bertz CT molecular complexity index is 1120. The van der Waals surface area contributed by atoms with Gasteiger partial charge in [-0.25, -0.2) is 17.8 Å². The molecule has 0 saturated heterocycles. The molecule has 0 saturated carbocycles. The number of aromatic nitrogens is 1. The van der Waals surface area contributed by atoms with E-state index in [-0.39, 0.29) is 18.2 Å². The molecule has 29 heavy (non-hydrogen) atoms. The monoisotopic (exact) mass is 432 g/mol. The minimum Gasteiger partial charge on any atom is -0.457 e.